The van der Waals surface area contributed by atoms with Gasteiger partial charge in [-0.3, -0.25) is 0 Å². The van der Waals surface area contributed by atoms with Crippen LogP contribution in [0.5, 0.6) is 0 Å². The summed E-state index contributed by atoms with van der Waals surface area (Å²) in [5.74, 6) is 0. The fraction of sp³-hybridized carbons (Fsp3) is 0.800. The van der Waals surface area contributed by atoms with E-state index in [0.29, 0.717) is 0 Å². The molecular weight excluding hydrogens is 216 g/mol. The van der Waals surface area contributed by atoms with Crippen molar-refractivity contribution in [2.24, 2.45) is 0 Å². The number of hydrogen-bond donors (Lipinski definition) is 3. The molecular formula is C10H18O6. The maximum absolute atomic E-state index is 9.79. The first-order chi connectivity index (χ1) is 7.65. The third-order valence-electron chi connectivity index (χ3n) is 2.46. The molecule has 0 amide bonds. The summed E-state index contributed by atoms with van der Waals surface area (Å²) in [6.07, 6.45) is -3.33. The third-order valence-corrected chi connectivity index (χ3v) is 2.46. The fourth-order valence-corrected chi connectivity index (χ4v) is 1.62. The molecule has 0 bridgehead atoms. The maximum atomic E-state index is 9.79. The summed E-state index contributed by atoms with van der Waals surface area (Å²) in [6.45, 7) is 3.29. The quantitative estimate of drug-likeness (QED) is 0.509. The van der Waals surface area contributed by atoms with Crippen molar-refractivity contribution < 1.29 is 29.5 Å². The minimum absolute atomic E-state index is 0.188. The lowest BCUT2D eigenvalue weighted by molar-refractivity contribution is -0.300. The Balaban J connectivity index is 2.70. The second kappa shape index (κ2) is 6.29. The standard InChI is InChI=1S/C10H18O6/c1-3-4-15-9-7(12)6(5-11)16-10(14-2)8(9)13/h3,6-13H,1,4-5H2,2H3/t6?,7-,8?,9-,10-/m0/s1. The van der Waals surface area contributed by atoms with Gasteiger partial charge in [0, 0.05) is 7.11 Å². The largest absolute Gasteiger partial charge is 0.394 e. The van der Waals surface area contributed by atoms with Crippen LogP contribution in [0, 0.1) is 0 Å². The number of aliphatic hydroxyl groups excluding tert-OH is 3. The van der Waals surface area contributed by atoms with Crippen molar-refractivity contribution in [2.45, 2.75) is 30.7 Å². The van der Waals surface area contributed by atoms with E-state index in [2.05, 4.69) is 6.58 Å². The number of methoxy groups -OCH3 is 1. The van der Waals surface area contributed by atoms with Gasteiger partial charge in [-0.1, -0.05) is 6.08 Å². The number of rotatable bonds is 5. The van der Waals surface area contributed by atoms with Gasteiger partial charge < -0.3 is 29.5 Å². The Morgan fingerprint density at radius 1 is 1.38 bits per heavy atom. The Morgan fingerprint density at radius 3 is 2.56 bits per heavy atom. The van der Waals surface area contributed by atoms with Crippen molar-refractivity contribution in [3.05, 3.63) is 12.7 Å². The van der Waals surface area contributed by atoms with Gasteiger partial charge in [0.1, 0.15) is 24.4 Å². The molecule has 1 aliphatic rings. The highest BCUT2D eigenvalue weighted by Crippen LogP contribution is 2.23. The Labute approximate surface area is 94.1 Å². The first kappa shape index (κ1) is 13.6. The Morgan fingerprint density at radius 2 is 2.06 bits per heavy atom. The summed E-state index contributed by atoms with van der Waals surface area (Å²) in [5.41, 5.74) is 0. The second-order valence-electron chi connectivity index (χ2n) is 3.53. The van der Waals surface area contributed by atoms with Crippen LogP contribution in [0.15, 0.2) is 12.7 Å². The summed E-state index contributed by atoms with van der Waals surface area (Å²) >= 11 is 0. The van der Waals surface area contributed by atoms with E-state index in [1.54, 1.807) is 0 Å². The molecule has 1 fully saturated rings. The van der Waals surface area contributed by atoms with Crippen molar-refractivity contribution >= 4 is 0 Å². The third kappa shape index (κ3) is 2.79. The summed E-state index contributed by atoms with van der Waals surface area (Å²) in [5, 5.41) is 28.6. The molecule has 0 aromatic rings. The van der Waals surface area contributed by atoms with Crippen molar-refractivity contribution in [1.82, 2.24) is 0 Å². The molecule has 5 atom stereocenters. The van der Waals surface area contributed by atoms with E-state index in [1.807, 2.05) is 0 Å². The molecule has 94 valence electrons. The molecule has 16 heavy (non-hydrogen) atoms. The number of ether oxygens (including phenoxy) is 3. The maximum Gasteiger partial charge on any atom is 0.186 e. The average molecular weight is 234 g/mol. The second-order valence-corrected chi connectivity index (χ2v) is 3.53. The Bertz CT molecular complexity index is 205. The van der Waals surface area contributed by atoms with Gasteiger partial charge in [0.05, 0.1) is 13.2 Å². The van der Waals surface area contributed by atoms with Gasteiger partial charge in [-0.05, 0) is 0 Å². The Hall–Kier alpha value is -0.500. The fourth-order valence-electron chi connectivity index (χ4n) is 1.62. The number of hydrogen-bond acceptors (Lipinski definition) is 6. The molecule has 1 saturated heterocycles. The summed E-state index contributed by atoms with van der Waals surface area (Å²) in [7, 11) is 1.37. The van der Waals surface area contributed by atoms with Crippen molar-refractivity contribution in [1.29, 1.82) is 0 Å². The predicted molar refractivity (Wildman–Crippen MR) is 54.7 cm³/mol. The first-order valence-corrected chi connectivity index (χ1v) is 5.03. The highest BCUT2D eigenvalue weighted by molar-refractivity contribution is 4.90. The zero-order valence-corrected chi connectivity index (χ0v) is 9.15. The molecule has 1 aliphatic heterocycles. The van der Waals surface area contributed by atoms with Crippen LogP contribution in [-0.4, -0.2) is 66.3 Å². The van der Waals surface area contributed by atoms with Crippen LogP contribution in [0.1, 0.15) is 0 Å². The lowest BCUT2D eigenvalue weighted by atomic mass is 9.99. The van der Waals surface area contributed by atoms with Gasteiger partial charge in [0.2, 0.25) is 0 Å². The predicted octanol–water partition coefficient (Wildman–Crippen LogP) is -1.36. The molecule has 2 unspecified atom stereocenters. The number of aliphatic hydroxyl groups is 3. The van der Waals surface area contributed by atoms with E-state index in [9.17, 15) is 10.2 Å². The molecule has 1 heterocycles. The SMILES string of the molecule is C=CCO[C@@H]1C(O)[C@@H](OC)OC(CO)[C@@H]1O. The molecule has 0 spiro atoms. The molecule has 6 nitrogen and oxygen atoms in total. The summed E-state index contributed by atoms with van der Waals surface area (Å²) in [4.78, 5) is 0. The molecule has 1 rings (SSSR count). The lowest BCUT2D eigenvalue weighted by Gasteiger charge is -2.41. The topological polar surface area (TPSA) is 88.4 Å². The highest BCUT2D eigenvalue weighted by atomic mass is 16.7. The van der Waals surface area contributed by atoms with Crippen LogP contribution < -0.4 is 0 Å². The molecule has 0 aromatic heterocycles. The van der Waals surface area contributed by atoms with Crippen LogP contribution in [0.2, 0.25) is 0 Å². The minimum atomic E-state index is -1.11. The van der Waals surface area contributed by atoms with E-state index in [0.717, 1.165) is 0 Å². The van der Waals surface area contributed by atoms with Crippen molar-refractivity contribution in [3.8, 4) is 0 Å². The molecule has 0 saturated carbocycles. The van der Waals surface area contributed by atoms with Gasteiger partial charge in [0.25, 0.3) is 0 Å². The first-order valence-electron chi connectivity index (χ1n) is 5.03. The van der Waals surface area contributed by atoms with E-state index in [4.69, 9.17) is 19.3 Å². The van der Waals surface area contributed by atoms with E-state index >= 15 is 0 Å². The molecule has 3 N–H and O–H groups in total. The van der Waals surface area contributed by atoms with Gasteiger partial charge in [-0.25, -0.2) is 0 Å². The lowest BCUT2D eigenvalue weighted by Crippen LogP contribution is -2.59. The molecule has 0 aromatic carbocycles. The van der Waals surface area contributed by atoms with Crippen molar-refractivity contribution in [3.63, 3.8) is 0 Å². The normalized spacial score (nSPS) is 39.6. The highest BCUT2D eigenvalue weighted by Gasteiger charge is 2.45. The van der Waals surface area contributed by atoms with Crippen LogP contribution in [0.3, 0.4) is 0 Å². The Kier molecular flexibility index (Phi) is 5.33. The van der Waals surface area contributed by atoms with Gasteiger partial charge in [-0.15, -0.1) is 6.58 Å². The minimum Gasteiger partial charge on any atom is -0.394 e. The molecule has 6 heteroatoms. The van der Waals surface area contributed by atoms with Gasteiger partial charge >= 0.3 is 0 Å². The van der Waals surface area contributed by atoms with Gasteiger partial charge in [0.15, 0.2) is 6.29 Å². The zero-order valence-electron chi connectivity index (χ0n) is 9.15. The summed E-state index contributed by atoms with van der Waals surface area (Å²) in [6, 6.07) is 0. The van der Waals surface area contributed by atoms with E-state index < -0.39 is 30.7 Å². The van der Waals surface area contributed by atoms with E-state index in [1.165, 1.54) is 13.2 Å². The molecule has 0 aliphatic carbocycles. The van der Waals surface area contributed by atoms with Crippen LogP contribution in [0.25, 0.3) is 0 Å². The monoisotopic (exact) mass is 234 g/mol. The van der Waals surface area contributed by atoms with Crippen molar-refractivity contribution in [2.75, 3.05) is 20.3 Å². The van der Waals surface area contributed by atoms with E-state index in [-0.39, 0.29) is 13.2 Å². The average Bonchev–Trinajstić information content (AvgIpc) is 2.29. The summed E-state index contributed by atoms with van der Waals surface area (Å²) < 4.78 is 15.3. The van der Waals surface area contributed by atoms with Crippen LogP contribution in [0.4, 0.5) is 0 Å². The van der Waals surface area contributed by atoms with Crippen LogP contribution >= 0.6 is 0 Å². The molecule has 0 radical (unpaired) electrons. The zero-order chi connectivity index (χ0) is 12.1. The smallest absolute Gasteiger partial charge is 0.186 e. The van der Waals surface area contributed by atoms with Crippen LogP contribution in [-0.2, 0) is 14.2 Å². The van der Waals surface area contributed by atoms with Gasteiger partial charge in [-0.2, -0.15) is 0 Å².